The highest BCUT2D eigenvalue weighted by Gasteiger charge is 2.33. The van der Waals surface area contributed by atoms with E-state index in [1.165, 1.54) is 23.5 Å². The molecule has 172 valence electrons. The second-order valence-corrected chi connectivity index (χ2v) is 12.1. The summed E-state index contributed by atoms with van der Waals surface area (Å²) < 4.78 is 49.6. The molecule has 0 spiro atoms. The van der Waals surface area contributed by atoms with Crippen molar-refractivity contribution in [1.82, 2.24) is 15.2 Å². The first-order chi connectivity index (χ1) is 15.0. The molecule has 9 nitrogen and oxygen atoms in total. The van der Waals surface area contributed by atoms with Crippen LogP contribution in [0.1, 0.15) is 27.9 Å². The number of amides is 2. The van der Waals surface area contributed by atoms with Crippen LogP contribution >= 0.6 is 0 Å². The maximum absolute atomic E-state index is 12.7. The van der Waals surface area contributed by atoms with Gasteiger partial charge in [0, 0.05) is 19.2 Å². The fourth-order valence-corrected chi connectivity index (χ4v) is 6.19. The summed E-state index contributed by atoms with van der Waals surface area (Å²) >= 11 is 0. The van der Waals surface area contributed by atoms with E-state index in [4.69, 9.17) is 0 Å². The molecule has 1 aliphatic heterocycles. The van der Waals surface area contributed by atoms with E-state index in [0.29, 0.717) is 5.56 Å². The number of hydrazine groups is 1. The molecule has 2 aromatic rings. The monoisotopic (exact) mass is 479 g/mol. The molecular formula is C21H25N3O6S2. The van der Waals surface area contributed by atoms with Crippen molar-refractivity contribution in [3.8, 4) is 0 Å². The number of sulfonamides is 1. The minimum Gasteiger partial charge on any atom is -0.273 e. The lowest BCUT2D eigenvalue weighted by Crippen LogP contribution is -2.44. The quantitative estimate of drug-likeness (QED) is 0.595. The van der Waals surface area contributed by atoms with Gasteiger partial charge in [-0.25, -0.2) is 16.8 Å². The molecule has 3 rings (SSSR count). The average molecular weight is 480 g/mol. The van der Waals surface area contributed by atoms with Gasteiger partial charge in [0.15, 0.2) is 9.84 Å². The highest BCUT2D eigenvalue weighted by atomic mass is 32.2. The lowest BCUT2D eigenvalue weighted by Gasteiger charge is -2.17. The molecule has 1 aliphatic rings. The van der Waals surface area contributed by atoms with Gasteiger partial charge in [-0.1, -0.05) is 29.8 Å². The van der Waals surface area contributed by atoms with E-state index < -0.39 is 37.6 Å². The van der Waals surface area contributed by atoms with Crippen LogP contribution in [0.25, 0.3) is 0 Å². The number of nitrogens with one attached hydrogen (secondary N) is 2. The molecule has 2 N–H and O–H groups in total. The van der Waals surface area contributed by atoms with Crippen LogP contribution in [0.2, 0.25) is 0 Å². The van der Waals surface area contributed by atoms with E-state index in [2.05, 4.69) is 10.9 Å². The van der Waals surface area contributed by atoms with E-state index >= 15 is 0 Å². The second-order valence-electron chi connectivity index (χ2n) is 7.81. The first-order valence-electron chi connectivity index (χ1n) is 9.90. The summed E-state index contributed by atoms with van der Waals surface area (Å²) in [5.41, 5.74) is 6.44. The summed E-state index contributed by atoms with van der Waals surface area (Å²) in [4.78, 5) is 24.5. The van der Waals surface area contributed by atoms with E-state index in [0.717, 1.165) is 5.56 Å². The lowest BCUT2D eigenvalue weighted by atomic mass is 10.1. The molecule has 1 saturated heterocycles. The number of hydrogen-bond acceptors (Lipinski definition) is 6. The van der Waals surface area contributed by atoms with Gasteiger partial charge in [0.1, 0.15) is 0 Å². The molecule has 2 aromatic carbocycles. The molecular weight excluding hydrogens is 454 g/mol. The van der Waals surface area contributed by atoms with Crippen molar-refractivity contribution in [3.63, 3.8) is 0 Å². The molecule has 0 aromatic heterocycles. The topological polar surface area (TPSA) is 130 Å². The third-order valence-electron chi connectivity index (χ3n) is 5.25. The number of carbonyl (C=O) groups excluding carboxylic acids is 2. The van der Waals surface area contributed by atoms with Crippen LogP contribution < -0.4 is 10.9 Å². The molecule has 1 heterocycles. The molecule has 0 saturated carbocycles. The Morgan fingerprint density at radius 2 is 1.66 bits per heavy atom. The van der Waals surface area contributed by atoms with Gasteiger partial charge in [-0.15, -0.1) is 0 Å². The lowest BCUT2D eigenvalue weighted by molar-refractivity contribution is -0.125. The molecule has 1 fully saturated rings. The normalized spacial score (nSPS) is 17.8. The van der Waals surface area contributed by atoms with E-state index in [1.54, 1.807) is 36.4 Å². The molecule has 1 atom stereocenters. The predicted molar refractivity (Wildman–Crippen MR) is 119 cm³/mol. The Balaban J connectivity index is 1.56. The van der Waals surface area contributed by atoms with Gasteiger partial charge in [-0.2, -0.15) is 4.31 Å². The number of sulfone groups is 1. The fourth-order valence-electron chi connectivity index (χ4n) is 3.29. The van der Waals surface area contributed by atoms with Crippen molar-refractivity contribution in [2.45, 2.75) is 24.8 Å². The van der Waals surface area contributed by atoms with Gasteiger partial charge < -0.3 is 0 Å². The first-order valence-corrected chi connectivity index (χ1v) is 13.2. The highest BCUT2D eigenvalue weighted by Crippen LogP contribution is 2.19. The smallest absolute Gasteiger partial charge is 0.269 e. The SMILES string of the molecule is Cc1ccc(S(=O)(=O)N(C)Cc2ccc(C(=O)NNC(=O)[C@@H]3CCS(=O)(=O)C3)cc2)cc1. The Kier molecular flexibility index (Phi) is 7.01. The van der Waals surface area contributed by atoms with Crippen LogP contribution in [-0.4, -0.2) is 51.5 Å². The minimum absolute atomic E-state index is 0.0332. The van der Waals surface area contributed by atoms with Crippen molar-refractivity contribution < 1.29 is 26.4 Å². The minimum atomic E-state index is -3.65. The van der Waals surface area contributed by atoms with Gasteiger partial charge >= 0.3 is 0 Å². The summed E-state index contributed by atoms with van der Waals surface area (Å²) in [5.74, 6) is -2.03. The summed E-state index contributed by atoms with van der Waals surface area (Å²) in [6.45, 7) is 1.99. The van der Waals surface area contributed by atoms with Crippen LogP contribution in [0.15, 0.2) is 53.4 Å². The number of hydrogen-bond donors (Lipinski definition) is 2. The predicted octanol–water partition coefficient (Wildman–Crippen LogP) is 1.01. The molecule has 0 bridgehead atoms. The summed E-state index contributed by atoms with van der Waals surface area (Å²) in [5, 5.41) is 0. The van der Waals surface area contributed by atoms with Crippen LogP contribution in [0.4, 0.5) is 0 Å². The van der Waals surface area contributed by atoms with Crippen molar-refractivity contribution in [2.24, 2.45) is 5.92 Å². The summed E-state index contributed by atoms with van der Waals surface area (Å²) in [6.07, 6.45) is 0.234. The third-order valence-corrected chi connectivity index (χ3v) is 8.84. The van der Waals surface area contributed by atoms with Crippen molar-refractivity contribution in [3.05, 3.63) is 65.2 Å². The van der Waals surface area contributed by atoms with Crippen molar-refractivity contribution in [2.75, 3.05) is 18.6 Å². The molecule has 2 amide bonds. The van der Waals surface area contributed by atoms with Crippen LogP contribution in [0, 0.1) is 12.8 Å². The Labute approximate surface area is 187 Å². The van der Waals surface area contributed by atoms with E-state index in [-0.39, 0.29) is 34.9 Å². The average Bonchev–Trinajstić information content (AvgIpc) is 3.12. The Bertz CT molecular complexity index is 1210. The molecule has 0 aliphatic carbocycles. The Morgan fingerprint density at radius 3 is 2.22 bits per heavy atom. The van der Waals surface area contributed by atoms with E-state index in [1.807, 2.05) is 6.92 Å². The van der Waals surface area contributed by atoms with Crippen molar-refractivity contribution in [1.29, 1.82) is 0 Å². The van der Waals surface area contributed by atoms with Crippen LogP contribution in [-0.2, 0) is 31.2 Å². The Hall–Kier alpha value is -2.76. The van der Waals surface area contributed by atoms with Crippen LogP contribution in [0.3, 0.4) is 0 Å². The number of aryl methyl sites for hydroxylation is 1. The standard InChI is InChI=1S/C21H25N3O6S2/c1-15-3-9-19(10-4-15)32(29,30)24(2)13-16-5-7-17(8-6-16)20(25)22-23-21(26)18-11-12-31(27,28)14-18/h3-10,18H,11-14H2,1-2H3,(H,22,25)(H,23,26)/t18-/m1/s1. The molecule has 0 unspecified atom stereocenters. The van der Waals surface area contributed by atoms with Gasteiger partial charge in [0.05, 0.1) is 22.3 Å². The first kappa shape index (κ1) is 23.9. The molecule has 32 heavy (non-hydrogen) atoms. The fraction of sp³-hybridized carbons (Fsp3) is 0.333. The number of nitrogens with zero attached hydrogens (tertiary/aromatic N) is 1. The Morgan fingerprint density at radius 1 is 1.03 bits per heavy atom. The van der Waals surface area contributed by atoms with Gasteiger partial charge in [-0.3, -0.25) is 20.4 Å². The second kappa shape index (κ2) is 9.39. The number of rotatable bonds is 6. The zero-order valence-electron chi connectivity index (χ0n) is 17.7. The largest absolute Gasteiger partial charge is 0.273 e. The van der Waals surface area contributed by atoms with Crippen LogP contribution in [0.5, 0.6) is 0 Å². The van der Waals surface area contributed by atoms with Gasteiger partial charge in [0.25, 0.3) is 5.91 Å². The zero-order valence-corrected chi connectivity index (χ0v) is 19.4. The molecule has 11 heteroatoms. The third kappa shape index (κ3) is 5.72. The summed E-state index contributed by atoms with van der Waals surface area (Å²) in [6, 6.07) is 12.9. The summed E-state index contributed by atoms with van der Waals surface area (Å²) in [7, 11) is -5.37. The number of carbonyl (C=O) groups is 2. The van der Waals surface area contributed by atoms with Gasteiger partial charge in [-0.05, 0) is 43.2 Å². The maximum Gasteiger partial charge on any atom is 0.269 e. The molecule has 0 radical (unpaired) electrons. The number of benzene rings is 2. The van der Waals surface area contributed by atoms with Crippen molar-refractivity contribution >= 4 is 31.7 Å². The van der Waals surface area contributed by atoms with E-state index in [9.17, 15) is 26.4 Å². The highest BCUT2D eigenvalue weighted by molar-refractivity contribution is 7.91. The zero-order chi connectivity index (χ0) is 23.5. The maximum atomic E-state index is 12.7. The van der Waals surface area contributed by atoms with Gasteiger partial charge in [0.2, 0.25) is 15.9 Å².